The van der Waals surface area contributed by atoms with Crippen LogP contribution in [0.2, 0.25) is 5.02 Å². The van der Waals surface area contributed by atoms with Crippen molar-refractivity contribution in [2.75, 3.05) is 5.32 Å². The van der Waals surface area contributed by atoms with Gasteiger partial charge in [0, 0.05) is 22.7 Å². The molecule has 0 saturated heterocycles. The lowest BCUT2D eigenvalue weighted by molar-refractivity contribution is -0.117. The van der Waals surface area contributed by atoms with Gasteiger partial charge in [-0.2, -0.15) is 0 Å². The summed E-state index contributed by atoms with van der Waals surface area (Å²) in [5, 5.41) is 3.58. The molecule has 3 N–H and O–H groups in total. The molecule has 5 heteroatoms. The van der Waals surface area contributed by atoms with E-state index in [0.29, 0.717) is 28.8 Å². The van der Waals surface area contributed by atoms with Crippen LogP contribution in [0, 0.1) is 5.92 Å². The van der Waals surface area contributed by atoms with Crippen molar-refractivity contribution in [3.05, 3.63) is 64.7 Å². The molecule has 0 unspecified atom stereocenters. The average molecular weight is 371 g/mol. The maximum absolute atomic E-state index is 12.2. The van der Waals surface area contributed by atoms with Gasteiger partial charge >= 0.3 is 0 Å². The Morgan fingerprint density at radius 2 is 1.73 bits per heavy atom. The van der Waals surface area contributed by atoms with Gasteiger partial charge in [-0.15, -0.1) is 0 Å². The Kier molecular flexibility index (Phi) is 5.94. The van der Waals surface area contributed by atoms with Crippen LogP contribution in [0.25, 0.3) is 0 Å². The third-order valence-corrected chi connectivity index (χ3v) is 5.34. The first kappa shape index (κ1) is 18.5. The Labute approximate surface area is 158 Å². The molecule has 2 aromatic rings. The first-order valence-electron chi connectivity index (χ1n) is 8.96. The molecule has 0 radical (unpaired) electrons. The van der Waals surface area contributed by atoms with Crippen LogP contribution < -0.4 is 11.1 Å². The van der Waals surface area contributed by atoms with Gasteiger partial charge in [0.1, 0.15) is 0 Å². The molecule has 4 nitrogen and oxygen atoms in total. The van der Waals surface area contributed by atoms with E-state index >= 15 is 0 Å². The van der Waals surface area contributed by atoms with Gasteiger partial charge in [-0.1, -0.05) is 23.7 Å². The summed E-state index contributed by atoms with van der Waals surface area (Å²) in [6.07, 6.45) is 4.62. The Balaban J connectivity index is 1.50. The van der Waals surface area contributed by atoms with Crippen LogP contribution >= 0.6 is 11.6 Å². The number of hydrogen-bond acceptors (Lipinski definition) is 2. The molecule has 2 amide bonds. The predicted octanol–water partition coefficient (Wildman–Crippen LogP) is 4.74. The minimum Gasteiger partial charge on any atom is -0.366 e. The highest BCUT2D eigenvalue weighted by Crippen LogP contribution is 2.37. The quantitative estimate of drug-likeness (QED) is 0.797. The lowest BCUT2D eigenvalue weighted by Gasteiger charge is -2.28. The molecule has 0 aromatic heterocycles. The molecule has 1 aliphatic carbocycles. The molecule has 1 fully saturated rings. The summed E-state index contributed by atoms with van der Waals surface area (Å²) in [4.78, 5) is 23.6. The SMILES string of the molecule is NC(=O)c1cccc(C2CCC(CC(=O)Nc3ccc(Cl)cc3)CC2)c1. The van der Waals surface area contributed by atoms with Crippen molar-refractivity contribution in [1.29, 1.82) is 0 Å². The maximum atomic E-state index is 12.2. The number of primary amides is 1. The van der Waals surface area contributed by atoms with E-state index in [-0.39, 0.29) is 11.8 Å². The second-order valence-electron chi connectivity index (χ2n) is 6.97. The minimum atomic E-state index is -0.389. The van der Waals surface area contributed by atoms with E-state index in [0.717, 1.165) is 31.4 Å². The number of hydrogen-bond donors (Lipinski definition) is 2. The van der Waals surface area contributed by atoms with E-state index in [1.54, 1.807) is 18.2 Å². The van der Waals surface area contributed by atoms with Crippen molar-refractivity contribution in [3.8, 4) is 0 Å². The van der Waals surface area contributed by atoms with Crippen LogP contribution in [0.4, 0.5) is 5.69 Å². The van der Waals surface area contributed by atoms with Crippen molar-refractivity contribution in [2.24, 2.45) is 11.7 Å². The summed E-state index contributed by atoms with van der Waals surface area (Å²) in [7, 11) is 0. The second-order valence-corrected chi connectivity index (χ2v) is 7.40. The Morgan fingerprint density at radius 1 is 1.04 bits per heavy atom. The topological polar surface area (TPSA) is 72.2 Å². The standard InChI is InChI=1S/C21H23ClN2O2/c22-18-8-10-19(11-9-18)24-20(25)12-14-4-6-15(7-5-14)16-2-1-3-17(13-16)21(23)26/h1-3,8-11,13-15H,4-7,12H2,(H2,23,26)(H,24,25). The van der Waals surface area contributed by atoms with E-state index in [1.807, 2.05) is 24.3 Å². The van der Waals surface area contributed by atoms with Crippen LogP contribution in [-0.4, -0.2) is 11.8 Å². The van der Waals surface area contributed by atoms with Crippen molar-refractivity contribution in [1.82, 2.24) is 0 Å². The molecular formula is C21H23ClN2O2. The normalized spacial score (nSPS) is 19.7. The van der Waals surface area contributed by atoms with Gasteiger partial charge in [0.05, 0.1) is 0 Å². The van der Waals surface area contributed by atoms with Gasteiger partial charge in [0.15, 0.2) is 0 Å². The van der Waals surface area contributed by atoms with E-state index in [1.165, 1.54) is 5.56 Å². The third-order valence-electron chi connectivity index (χ3n) is 5.09. The zero-order valence-electron chi connectivity index (χ0n) is 14.6. The minimum absolute atomic E-state index is 0.0477. The van der Waals surface area contributed by atoms with E-state index in [4.69, 9.17) is 17.3 Å². The number of rotatable bonds is 5. The summed E-state index contributed by atoms with van der Waals surface area (Å²) >= 11 is 5.86. The summed E-state index contributed by atoms with van der Waals surface area (Å²) < 4.78 is 0. The van der Waals surface area contributed by atoms with Crippen molar-refractivity contribution in [3.63, 3.8) is 0 Å². The zero-order valence-corrected chi connectivity index (χ0v) is 15.3. The highest BCUT2D eigenvalue weighted by molar-refractivity contribution is 6.30. The zero-order chi connectivity index (χ0) is 18.5. The summed E-state index contributed by atoms with van der Waals surface area (Å²) in [5.41, 5.74) is 7.88. The Bertz CT molecular complexity index is 781. The number of carbonyl (C=O) groups excluding carboxylic acids is 2. The summed E-state index contributed by atoms with van der Waals surface area (Å²) in [6, 6.07) is 14.8. The average Bonchev–Trinajstić information content (AvgIpc) is 2.64. The Morgan fingerprint density at radius 3 is 2.38 bits per heavy atom. The first-order valence-corrected chi connectivity index (χ1v) is 9.34. The van der Waals surface area contributed by atoms with Gasteiger partial charge in [0.25, 0.3) is 0 Å². The number of halogens is 1. The number of amides is 2. The lowest BCUT2D eigenvalue weighted by atomic mass is 9.77. The fraction of sp³-hybridized carbons (Fsp3) is 0.333. The maximum Gasteiger partial charge on any atom is 0.248 e. The van der Waals surface area contributed by atoms with E-state index < -0.39 is 0 Å². The summed E-state index contributed by atoms with van der Waals surface area (Å²) in [5.74, 6) is 0.494. The molecule has 26 heavy (non-hydrogen) atoms. The molecule has 1 saturated carbocycles. The molecular weight excluding hydrogens is 348 g/mol. The third kappa shape index (κ3) is 4.85. The van der Waals surface area contributed by atoms with Crippen molar-refractivity contribution >= 4 is 29.1 Å². The number of carbonyl (C=O) groups is 2. The molecule has 1 aliphatic rings. The number of nitrogens with one attached hydrogen (secondary N) is 1. The van der Waals surface area contributed by atoms with Gasteiger partial charge in [-0.3, -0.25) is 9.59 Å². The van der Waals surface area contributed by atoms with Crippen LogP contribution in [0.1, 0.15) is 53.9 Å². The number of nitrogens with two attached hydrogens (primary N) is 1. The van der Waals surface area contributed by atoms with E-state index in [9.17, 15) is 9.59 Å². The predicted molar refractivity (Wildman–Crippen MR) is 104 cm³/mol. The molecule has 3 rings (SSSR count). The van der Waals surface area contributed by atoms with Crippen molar-refractivity contribution < 1.29 is 9.59 Å². The molecule has 2 aromatic carbocycles. The van der Waals surface area contributed by atoms with Crippen LogP contribution in [0.15, 0.2) is 48.5 Å². The second kappa shape index (κ2) is 8.37. The van der Waals surface area contributed by atoms with Gasteiger partial charge in [0.2, 0.25) is 11.8 Å². The van der Waals surface area contributed by atoms with Gasteiger partial charge < -0.3 is 11.1 Å². The summed E-state index contributed by atoms with van der Waals surface area (Å²) in [6.45, 7) is 0. The van der Waals surface area contributed by atoms with Gasteiger partial charge in [-0.05, 0) is 79.5 Å². The van der Waals surface area contributed by atoms with E-state index in [2.05, 4.69) is 11.4 Å². The monoisotopic (exact) mass is 370 g/mol. The van der Waals surface area contributed by atoms with Crippen LogP contribution in [0.5, 0.6) is 0 Å². The van der Waals surface area contributed by atoms with Crippen LogP contribution in [-0.2, 0) is 4.79 Å². The molecule has 0 heterocycles. The van der Waals surface area contributed by atoms with Gasteiger partial charge in [-0.25, -0.2) is 0 Å². The smallest absolute Gasteiger partial charge is 0.248 e. The fourth-order valence-corrected chi connectivity index (χ4v) is 3.78. The fourth-order valence-electron chi connectivity index (χ4n) is 3.65. The Hall–Kier alpha value is -2.33. The highest BCUT2D eigenvalue weighted by Gasteiger charge is 2.24. The largest absolute Gasteiger partial charge is 0.366 e. The van der Waals surface area contributed by atoms with Crippen LogP contribution in [0.3, 0.4) is 0 Å². The number of anilines is 1. The molecule has 0 spiro atoms. The molecule has 0 aliphatic heterocycles. The first-order chi connectivity index (χ1) is 12.5. The molecule has 0 bridgehead atoms. The van der Waals surface area contributed by atoms with Crippen molar-refractivity contribution in [2.45, 2.75) is 38.0 Å². The molecule has 136 valence electrons. The number of benzene rings is 2. The highest BCUT2D eigenvalue weighted by atomic mass is 35.5. The molecule has 0 atom stereocenters. The lowest BCUT2D eigenvalue weighted by Crippen LogP contribution is -2.20.